The molecule has 10 heteroatoms. The van der Waals surface area contributed by atoms with Crippen molar-refractivity contribution in [1.29, 1.82) is 0 Å². The number of amides is 1. The number of carbonyl (C=O) groups excluding carboxylic acids is 1. The number of sulfonamides is 1. The normalized spacial score (nSPS) is 11.9. The first kappa shape index (κ1) is 19.1. The van der Waals surface area contributed by atoms with E-state index in [0.717, 1.165) is 25.1 Å². The molecule has 5 nitrogen and oxygen atoms in total. The molecular formula is C15H12ClF3N2O3S. The standard InChI is InChI=1S/C15H12ClF3N2O3S/c1-9(22)20-11-5-6-14(13(8-11)15(17,18)19)21-25(23,24)12-4-2-3-10(16)7-12/h2-8,21H,1H3,(H,20,22). The first-order valence-corrected chi connectivity index (χ1v) is 8.62. The summed E-state index contributed by atoms with van der Waals surface area (Å²) in [4.78, 5) is 10.7. The summed E-state index contributed by atoms with van der Waals surface area (Å²) < 4.78 is 66.2. The zero-order valence-corrected chi connectivity index (χ0v) is 14.3. The monoisotopic (exact) mass is 392 g/mol. The summed E-state index contributed by atoms with van der Waals surface area (Å²) in [5.41, 5.74) is -2.00. The highest BCUT2D eigenvalue weighted by atomic mass is 35.5. The van der Waals surface area contributed by atoms with Gasteiger partial charge in [0.15, 0.2) is 0 Å². The van der Waals surface area contributed by atoms with Crippen LogP contribution in [0.2, 0.25) is 5.02 Å². The molecule has 2 aromatic rings. The van der Waals surface area contributed by atoms with Crippen molar-refractivity contribution in [2.75, 3.05) is 10.0 Å². The maximum atomic E-state index is 13.2. The van der Waals surface area contributed by atoms with Gasteiger partial charge in [0.25, 0.3) is 10.0 Å². The maximum Gasteiger partial charge on any atom is 0.418 e. The fraction of sp³-hybridized carbons (Fsp3) is 0.133. The van der Waals surface area contributed by atoms with Crippen LogP contribution in [0.5, 0.6) is 0 Å². The molecule has 2 N–H and O–H groups in total. The third kappa shape index (κ3) is 4.86. The summed E-state index contributed by atoms with van der Waals surface area (Å²) in [5.74, 6) is -0.555. The van der Waals surface area contributed by atoms with Crippen LogP contribution in [0.4, 0.5) is 24.5 Å². The number of carbonyl (C=O) groups is 1. The summed E-state index contributed by atoms with van der Waals surface area (Å²) in [6, 6.07) is 7.85. The molecule has 25 heavy (non-hydrogen) atoms. The Kier molecular flexibility index (Phi) is 5.28. The SMILES string of the molecule is CC(=O)Nc1ccc(NS(=O)(=O)c2cccc(Cl)c2)c(C(F)(F)F)c1. The molecule has 0 spiro atoms. The number of alkyl halides is 3. The Labute approximate surface area is 146 Å². The molecule has 0 aliphatic heterocycles. The minimum absolute atomic E-state index is 0.106. The molecule has 0 aliphatic carbocycles. The number of hydrogen-bond donors (Lipinski definition) is 2. The van der Waals surface area contributed by atoms with E-state index in [-0.39, 0.29) is 15.6 Å². The Morgan fingerprint density at radius 2 is 1.80 bits per heavy atom. The minimum atomic E-state index is -4.83. The van der Waals surface area contributed by atoms with Crippen LogP contribution in [0.15, 0.2) is 47.4 Å². The fourth-order valence-electron chi connectivity index (χ4n) is 1.99. The Balaban J connectivity index is 2.46. The lowest BCUT2D eigenvalue weighted by atomic mass is 10.1. The number of nitrogens with one attached hydrogen (secondary N) is 2. The molecule has 0 fully saturated rings. The first-order valence-electron chi connectivity index (χ1n) is 6.76. The number of halogens is 4. The van der Waals surface area contributed by atoms with Gasteiger partial charge in [0.05, 0.1) is 16.1 Å². The van der Waals surface area contributed by atoms with E-state index in [9.17, 15) is 26.4 Å². The molecule has 0 aliphatic rings. The van der Waals surface area contributed by atoms with Crippen LogP contribution in [-0.4, -0.2) is 14.3 Å². The molecule has 0 heterocycles. The largest absolute Gasteiger partial charge is 0.418 e. The molecule has 0 saturated carbocycles. The van der Waals surface area contributed by atoms with Gasteiger partial charge in [0.1, 0.15) is 0 Å². The van der Waals surface area contributed by atoms with Crippen molar-refractivity contribution in [3.05, 3.63) is 53.1 Å². The number of anilines is 2. The van der Waals surface area contributed by atoms with Crippen LogP contribution in [-0.2, 0) is 21.0 Å². The number of rotatable bonds is 4. The minimum Gasteiger partial charge on any atom is -0.326 e. The van der Waals surface area contributed by atoms with Crippen molar-refractivity contribution in [1.82, 2.24) is 0 Å². The van der Waals surface area contributed by atoms with Crippen molar-refractivity contribution in [3.63, 3.8) is 0 Å². The van der Waals surface area contributed by atoms with E-state index in [4.69, 9.17) is 11.6 Å². The van der Waals surface area contributed by atoms with E-state index >= 15 is 0 Å². The lowest BCUT2D eigenvalue weighted by molar-refractivity contribution is -0.136. The van der Waals surface area contributed by atoms with Gasteiger partial charge in [0.2, 0.25) is 5.91 Å². The van der Waals surface area contributed by atoms with Gasteiger partial charge in [-0.1, -0.05) is 17.7 Å². The van der Waals surface area contributed by atoms with Gasteiger partial charge in [0, 0.05) is 17.6 Å². The van der Waals surface area contributed by atoms with E-state index in [1.54, 1.807) is 0 Å². The van der Waals surface area contributed by atoms with Crippen molar-refractivity contribution < 1.29 is 26.4 Å². The Hall–Kier alpha value is -2.26. The van der Waals surface area contributed by atoms with Crippen molar-refractivity contribution in [3.8, 4) is 0 Å². The van der Waals surface area contributed by atoms with E-state index in [2.05, 4.69) is 5.32 Å². The van der Waals surface area contributed by atoms with E-state index in [1.807, 2.05) is 4.72 Å². The van der Waals surface area contributed by atoms with Crippen LogP contribution in [0.3, 0.4) is 0 Å². The highest BCUT2D eigenvalue weighted by Crippen LogP contribution is 2.37. The highest BCUT2D eigenvalue weighted by molar-refractivity contribution is 7.92. The number of hydrogen-bond acceptors (Lipinski definition) is 3. The van der Waals surface area contributed by atoms with Gasteiger partial charge in [-0.3, -0.25) is 9.52 Å². The van der Waals surface area contributed by atoms with E-state index in [1.165, 1.54) is 18.2 Å². The summed E-state index contributed by atoms with van der Waals surface area (Å²) in [6.45, 7) is 1.14. The van der Waals surface area contributed by atoms with Crippen molar-refractivity contribution >= 4 is 38.9 Å². The maximum absolute atomic E-state index is 13.2. The Morgan fingerprint density at radius 1 is 1.12 bits per heavy atom. The number of benzene rings is 2. The average molecular weight is 393 g/mol. The molecule has 0 aromatic heterocycles. The van der Waals surface area contributed by atoms with Crippen LogP contribution in [0.1, 0.15) is 12.5 Å². The van der Waals surface area contributed by atoms with Crippen LogP contribution < -0.4 is 10.0 Å². The van der Waals surface area contributed by atoms with E-state index in [0.29, 0.717) is 6.07 Å². The topological polar surface area (TPSA) is 75.3 Å². The fourth-order valence-corrected chi connectivity index (χ4v) is 3.37. The molecular weight excluding hydrogens is 381 g/mol. The van der Waals surface area contributed by atoms with Crippen LogP contribution in [0, 0.1) is 0 Å². The van der Waals surface area contributed by atoms with Gasteiger partial charge in [-0.05, 0) is 36.4 Å². The van der Waals surface area contributed by atoms with Gasteiger partial charge >= 0.3 is 6.18 Å². The van der Waals surface area contributed by atoms with Gasteiger partial charge in [-0.2, -0.15) is 13.2 Å². The van der Waals surface area contributed by atoms with Crippen molar-refractivity contribution in [2.24, 2.45) is 0 Å². The predicted octanol–water partition coefficient (Wildman–Crippen LogP) is 4.12. The molecule has 0 bridgehead atoms. The van der Waals surface area contributed by atoms with Gasteiger partial charge < -0.3 is 5.32 Å². The molecule has 0 radical (unpaired) electrons. The van der Waals surface area contributed by atoms with E-state index < -0.39 is 33.4 Å². The third-order valence-corrected chi connectivity index (χ3v) is 4.59. The molecule has 1 amide bonds. The lowest BCUT2D eigenvalue weighted by Gasteiger charge is -2.16. The first-order chi connectivity index (χ1) is 11.5. The second kappa shape index (κ2) is 6.93. The molecule has 2 aromatic carbocycles. The second-order valence-corrected chi connectivity index (χ2v) is 7.12. The zero-order chi connectivity index (χ0) is 18.8. The molecule has 0 unspecified atom stereocenters. The van der Waals surface area contributed by atoms with Gasteiger partial charge in [-0.15, -0.1) is 0 Å². The van der Waals surface area contributed by atoms with Crippen molar-refractivity contribution in [2.45, 2.75) is 18.0 Å². The van der Waals surface area contributed by atoms with Crippen LogP contribution >= 0.6 is 11.6 Å². The smallest absolute Gasteiger partial charge is 0.326 e. The summed E-state index contributed by atoms with van der Waals surface area (Å²) in [6.07, 6.45) is -4.83. The second-order valence-electron chi connectivity index (χ2n) is 5.00. The van der Waals surface area contributed by atoms with Gasteiger partial charge in [-0.25, -0.2) is 8.42 Å². The average Bonchev–Trinajstić information content (AvgIpc) is 2.47. The Bertz CT molecular complexity index is 914. The molecule has 2 rings (SSSR count). The summed E-state index contributed by atoms with van der Waals surface area (Å²) in [7, 11) is -4.28. The zero-order valence-electron chi connectivity index (χ0n) is 12.7. The molecule has 0 saturated heterocycles. The summed E-state index contributed by atoms with van der Waals surface area (Å²) >= 11 is 5.71. The molecule has 134 valence electrons. The summed E-state index contributed by atoms with van der Waals surface area (Å²) in [5, 5.41) is 2.34. The lowest BCUT2D eigenvalue weighted by Crippen LogP contribution is -2.18. The molecule has 0 atom stereocenters. The highest BCUT2D eigenvalue weighted by Gasteiger charge is 2.35. The third-order valence-electron chi connectivity index (χ3n) is 3.00. The quantitative estimate of drug-likeness (QED) is 0.821. The van der Waals surface area contributed by atoms with Crippen LogP contribution in [0.25, 0.3) is 0 Å². The predicted molar refractivity (Wildman–Crippen MR) is 88.0 cm³/mol. The Morgan fingerprint density at radius 3 is 2.36 bits per heavy atom.